The van der Waals surface area contributed by atoms with Crippen LogP contribution < -0.4 is 4.74 Å². The Morgan fingerprint density at radius 3 is 2.29 bits per heavy atom. The summed E-state index contributed by atoms with van der Waals surface area (Å²) in [5, 5.41) is 2.65. The predicted octanol–water partition coefficient (Wildman–Crippen LogP) is 6.71. The fourth-order valence-corrected chi connectivity index (χ4v) is 5.96. The number of hydrogen-bond acceptors (Lipinski definition) is 2. The first kappa shape index (κ1) is 18.5. The Balaban J connectivity index is 1.22. The van der Waals surface area contributed by atoms with Gasteiger partial charge in [0, 0.05) is 6.54 Å². The summed E-state index contributed by atoms with van der Waals surface area (Å²) in [6.45, 7) is 3.61. The van der Waals surface area contributed by atoms with E-state index in [9.17, 15) is 0 Å². The Hall–Kier alpha value is -1.54. The molecule has 0 unspecified atom stereocenters. The number of fused-ring (bicyclic) bond motifs is 1. The highest BCUT2D eigenvalue weighted by molar-refractivity contribution is 5.84. The van der Waals surface area contributed by atoms with E-state index in [1.165, 1.54) is 100 Å². The predicted molar refractivity (Wildman–Crippen MR) is 117 cm³/mol. The molecule has 0 atom stereocenters. The summed E-state index contributed by atoms with van der Waals surface area (Å²) in [4.78, 5) is 2.60. The molecule has 3 aliphatic rings. The minimum Gasteiger partial charge on any atom is -0.490 e. The Kier molecular flexibility index (Phi) is 5.32. The van der Waals surface area contributed by atoms with E-state index in [4.69, 9.17) is 4.74 Å². The summed E-state index contributed by atoms with van der Waals surface area (Å²) in [6, 6.07) is 13.7. The fraction of sp³-hybridized carbons (Fsp3) is 0.615. The standard InChI is InChI=1S/C26H35NO/c1-4-16-27(17-5-1)20-21-6-7-23-19-25(9-8-22(23)18-21)28-24-10-14-26(15-11-24)12-2-3-13-26/h6-9,18-19,24H,1-5,10-17,20H2. The lowest BCUT2D eigenvalue weighted by Crippen LogP contribution is -2.30. The van der Waals surface area contributed by atoms with Crippen LogP contribution in [0.2, 0.25) is 0 Å². The summed E-state index contributed by atoms with van der Waals surface area (Å²) in [5.41, 5.74) is 2.13. The molecule has 0 bridgehead atoms. The van der Waals surface area contributed by atoms with Crippen molar-refractivity contribution in [2.45, 2.75) is 83.3 Å². The number of piperidine rings is 1. The zero-order valence-corrected chi connectivity index (χ0v) is 17.3. The molecule has 0 radical (unpaired) electrons. The number of nitrogens with zero attached hydrogens (tertiary/aromatic N) is 1. The van der Waals surface area contributed by atoms with Crippen molar-refractivity contribution in [1.82, 2.24) is 4.90 Å². The normalized spacial score (nSPS) is 23.4. The largest absolute Gasteiger partial charge is 0.490 e. The first-order valence-electron chi connectivity index (χ1n) is 11.7. The number of ether oxygens (including phenoxy) is 1. The van der Waals surface area contributed by atoms with Crippen LogP contribution in [0, 0.1) is 5.41 Å². The van der Waals surface area contributed by atoms with E-state index in [1.54, 1.807) is 0 Å². The lowest BCUT2D eigenvalue weighted by atomic mass is 9.72. The lowest BCUT2D eigenvalue weighted by molar-refractivity contribution is 0.0825. The molecule has 1 aliphatic heterocycles. The van der Waals surface area contributed by atoms with E-state index in [2.05, 4.69) is 41.3 Å². The zero-order chi connectivity index (χ0) is 18.8. The molecule has 5 rings (SSSR count). The van der Waals surface area contributed by atoms with Crippen LogP contribution in [0.5, 0.6) is 5.75 Å². The van der Waals surface area contributed by atoms with E-state index in [-0.39, 0.29) is 0 Å². The number of hydrogen-bond donors (Lipinski definition) is 0. The van der Waals surface area contributed by atoms with Gasteiger partial charge in [-0.05, 0) is 104 Å². The summed E-state index contributed by atoms with van der Waals surface area (Å²) in [7, 11) is 0. The second-order valence-corrected chi connectivity index (χ2v) is 9.70. The Bertz CT molecular complexity index is 791. The van der Waals surface area contributed by atoms with Crippen LogP contribution in [0.25, 0.3) is 10.8 Å². The number of rotatable bonds is 4. The molecule has 0 amide bonds. The van der Waals surface area contributed by atoms with Gasteiger partial charge in [-0.1, -0.05) is 37.5 Å². The van der Waals surface area contributed by atoms with Crippen molar-refractivity contribution < 1.29 is 4.74 Å². The molecular weight excluding hydrogens is 342 g/mol. The molecule has 1 heterocycles. The van der Waals surface area contributed by atoms with Crippen LogP contribution in [0.4, 0.5) is 0 Å². The highest BCUT2D eigenvalue weighted by atomic mass is 16.5. The van der Waals surface area contributed by atoms with Gasteiger partial charge in [-0.15, -0.1) is 0 Å². The van der Waals surface area contributed by atoms with Gasteiger partial charge < -0.3 is 4.74 Å². The van der Waals surface area contributed by atoms with Crippen molar-refractivity contribution in [2.24, 2.45) is 5.41 Å². The topological polar surface area (TPSA) is 12.5 Å². The van der Waals surface area contributed by atoms with Gasteiger partial charge in [-0.25, -0.2) is 0 Å². The van der Waals surface area contributed by atoms with Gasteiger partial charge in [-0.2, -0.15) is 0 Å². The van der Waals surface area contributed by atoms with Gasteiger partial charge in [0.15, 0.2) is 0 Å². The summed E-state index contributed by atoms with van der Waals surface area (Å²) in [6.07, 6.45) is 15.6. The molecule has 3 fully saturated rings. The second kappa shape index (κ2) is 8.06. The van der Waals surface area contributed by atoms with Crippen LogP contribution in [-0.2, 0) is 6.54 Å². The average molecular weight is 378 g/mol. The van der Waals surface area contributed by atoms with Gasteiger partial charge in [0.05, 0.1) is 6.10 Å². The number of likely N-dealkylation sites (tertiary alicyclic amines) is 1. The Morgan fingerprint density at radius 2 is 1.50 bits per heavy atom. The van der Waals surface area contributed by atoms with Gasteiger partial charge in [0.2, 0.25) is 0 Å². The summed E-state index contributed by atoms with van der Waals surface area (Å²) in [5.74, 6) is 1.06. The fourth-order valence-electron chi connectivity index (χ4n) is 5.96. The highest BCUT2D eigenvalue weighted by Gasteiger charge is 2.38. The molecule has 150 valence electrons. The van der Waals surface area contributed by atoms with Gasteiger partial charge in [0.1, 0.15) is 5.75 Å². The third-order valence-corrected chi connectivity index (χ3v) is 7.69. The van der Waals surface area contributed by atoms with Crippen LogP contribution in [-0.4, -0.2) is 24.1 Å². The van der Waals surface area contributed by atoms with E-state index in [0.29, 0.717) is 11.5 Å². The van der Waals surface area contributed by atoms with Crippen LogP contribution >= 0.6 is 0 Å². The molecule has 2 heteroatoms. The molecule has 2 saturated carbocycles. The molecule has 2 nitrogen and oxygen atoms in total. The summed E-state index contributed by atoms with van der Waals surface area (Å²) < 4.78 is 6.41. The van der Waals surface area contributed by atoms with Gasteiger partial charge in [0.25, 0.3) is 0 Å². The van der Waals surface area contributed by atoms with Gasteiger partial charge in [-0.3, -0.25) is 4.90 Å². The van der Waals surface area contributed by atoms with Crippen LogP contribution in [0.3, 0.4) is 0 Å². The third-order valence-electron chi connectivity index (χ3n) is 7.69. The van der Waals surface area contributed by atoms with Crippen molar-refractivity contribution in [1.29, 1.82) is 0 Å². The molecular formula is C26H35NO. The molecule has 1 spiro atoms. The maximum Gasteiger partial charge on any atom is 0.120 e. The molecule has 2 aliphatic carbocycles. The van der Waals surface area contributed by atoms with Crippen molar-refractivity contribution in [3.8, 4) is 5.75 Å². The minimum absolute atomic E-state index is 0.419. The molecule has 28 heavy (non-hydrogen) atoms. The SMILES string of the molecule is c1cc2cc(OC3CCC4(CCCC4)CC3)ccc2cc1CN1CCCCC1. The second-order valence-electron chi connectivity index (χ2n) is 9.70. The van der Waals surface area contributed by atoms with Crippen molar-refractivity contribution in [3.05, 3.63) is 42.0 Å². The zero-order valence-electron chi connectivity index (χ0n) is 17.3. The Morgan fingerprint density at radius 1 is 0.786 bits per heavy atom. The Labute approximate surface area is 170 Å². The molecule has 1 saturated heterocycles. The van der Waals surface area contributed by atoms with Crippen molar-refractivity contribution in [3.63, 3.8) is 0 Å². The monoisotopic (exact) mass is 377 g/mol. The quantitative estimate of drug-likeness (QED) is 0.587. The minimum atomic E-state index is 0.419. The van der Waals surface area contributed by atoms with Crippen LogP contribution in [0.15, 0.2) is 36.4 Å². The lowest BCUT2D eigenvalue weighted by Gasteiger charge is -2.37. The first-order chi connectivity index (χ1) is 13.8. The maximum atomic E-state index is 6.41. The third kappa shape index (κ3) is 4.08. The van der Waals surface area contributed by atoms with E-state index < -0.39 is 0 Å². The smallest absolute Gasteiger partial charge is 0.120 e. The highest BCUT2D eigenvalue weighted by Crippen LogP contribution is 2.49. The summed E-state index contributed by atoms with van der Waals surface area (Å²) >= 11 is 0. The van der Waals surface area contributed by atoms with Crippen molar-refractivity contribution >= 4 is 10.8 Å². The first-order valence-corrected chi connectivity index (χ1v) is 11.7. The number of benzene rings is 2. The van der Waals surface area contributed by atoms with E-state index in [0.717, 1.165) is 12.3 Å². The molecule has 2 aromatic rings. The van der Waals surface area contributed by atoms with E-state index in [1.807, 2.05) is 0 Å². The van der Waals surface area contributed by atoms with Crippen LogP contribution in [0.1, 0.15) is 76.2 Å². The molecule has 0 aromatic heterocycles. The van der Waals surface area contributed by atoms with Crippen molar-refractivity contribution in [2.75, 3.05) is 13.1 Å². The van der Waals surface area contributed by atoms with E-state index >= 15 is 0 Å². The molecule has 0 N–H and O–H groups in total. The average Bonchev–Trinajstić information content (AvgIpc) is 3.19. The van der Waals surface area contributed by atoms with Gasteiger partial charge >= 0.3 is 0 Å². The molecule has 2 aromatic carbocycles. The maximum absolute atomic E-state index is 6.41.